The molecule has 42 heavy (non-hydrogen) atoms. The summed E-state index contributed by atoms with van der Waals surface area (Å²) in [6, 6.07) is 31.3. The van der Waals surface area contributed by atoms with Crippen molar-refractivity contribution in [3.8, 4) is 5.75 Å². The second kappa shape index (κ2) is 13.7. The molecule has 0 saturated carbocycles. The molecule has 0 spiro atoms. The number of anilines is 2. The quantitative estimate of drug-likeness (QED) is 0.183. The lowest BCUT2D eigenvalue weighted by Gasteiger charge is -2.29. The third-order valence-corrected chi connectivity index (χ3v) is 7.84. The molecule has 0 radical (unpaired) electrons. The van der Waals surface area contributed by atoms with Crippen LogP contribution >= 0.6 is 11.8 Å². The van der Waals surface area contributed by atoms with Crippen molar-refractivity contribution in [2.24, 2.45) is 0 Å². The Balaban J connectivity index is 1.24. The predicted octanol–water partition coefficient (Wildman–Crippen LogP) is 6.18. The Labute approximate surface area is 249 Å². The minimum absolute atomic E-state index is 0.0759. The Morgan fingerprint density at radius 2 is 1.60 bits per heavy atom. The maximum absolute atomic E-state index is 13.3. The molecular weight excluding hydrogens is 546 g/mol. The number of fused-ring (bicyclic) bond motifs is 1. The predicted molar refractivity (Wildman–Crippen MR) is 168 cm³/mol. The number of aryl methyl sites for hydroxylation is 1. The fourth-order valence-electron chi connectivity index (χ4n) is 4.66. The molecule has 5 rings (SSSR count). The zero-order valence-electron chi connectivity index (χ0n) is 23.2. The zero-order valence-corrected chi connectivity index (χ0v) is 24.0. The zero-order chi connectivity index (χ0) is 29.3. The maximum Gasteiger partial charge on any atom is 0.272 e. The summed E-state index contributed by atoms with van der Waals surface area (Å²) in [6.45, 7) is 0.731. The van der Waals surface area contributed by atoms with E-state index in [2.05, 4.69) is 16.7 Å². The molecule has 2 N–H and O–H groups in total. The molecule has 0 bridgehead atoms. The molecule has 1 aliphatic rings. The molecule has 4 aromatic carbocycles. The van der Waals surface area contributed by atoms with E-state index in [9.17, 15) is 14.4 Å². The first-order valence-corrected chi connectivity index (χ1v) is 14.6. The van der Waals surface area contributed by atoms with Crippen LogP contribution in [-0.4, -0.2) is 37.1 Å². The highest BCUT2D eigenvalue weighted by Gasteiger charge is 2.22. The average Bonchev–Trinajstić information content (AvgIpc) is 3.04. The first kappa shape index (κ1) is 28.7. The van der Waals surface area contributed by atoms with E-state index >= 15 is 0 Å². The molecule has 0 aliphatic carbocycles. The van der Waals surface area contributed by atoms with Crippen LogP contribution in [0.15, 0.2) is 114 Å². The van der Waals surface area contributed by atoms with Gasteiger partial charge in [-0.15, -0.1) is 11.8 Å². The Morgan fingerprint density at radius 3 is 2.33 bits per heavy atom. The second-order valence-corrected chi connectivity index (χ2v) is 10.7. The van der Waals surface area contributed by atoms with Crippen molar-refractivity contribution in [2.75, 3.05) is 29.6 Å². The van der Waals surface area contributed by atoms with Crippen molar-refractivity contribution < 1.29 is 19.1 Å². The number of nitrogens with one attached hydrogen (secondary N) is 2. The van der Waals surface area contributed by atoms with E-state index in [-0.39, 0.29) is 11.6 Å². The van der Waals surface area contributed by atoms with Gasteiger partial charge < -0.3 is 20.3 Å². The minimum atomic E-state index is -0.463. The first-order chi connectivity index (χ1) is 20.5. The number of hydrogen-bond acceptors (Lipinski definition) is 5. The molecule has 1 heterocycles. The maximum atomic E-state index is 13.3. The fourth-order valence-corrected chi connectivity index (χ4v) is 5.43. The lowest BCUT2D eigenvalue weighted by Crippen LogP contribution is -2.36. The first-order valence-electron chi connectivity index (χ1n) is 13.6. The molecule has 212 valence electrons. The number of hydrogen-bond donors (Lipinski definition) is 2. The molecule has 0 atom stereocenters. The summed E-state index contributed by atoms with van der Waals surface area (Å²) >= 11 is 1.46. The number of carbonyl (C=O) groups is 3. The molecular formula is C34H31N3O4S. The van der Waals surface area contributed by atoms with Crippen LogP contribution in [0.4, 0.5) is 11.4 Å². The van der Waals surface area contributed by atoms with Crippen molar-refractivity contribution in [1.29, 1.82) is 0 Å². The van der Waals surface area contributed by atoms with Gasteiger partial charge in [0.25, 0.3) is 11.8 Å². The van der Waals surface area contributed by atoms with E-state index in [0.29, 0.717) is 22.8 Å². The minimum Gasteiger partial charge on any atom is -0.497 e. The molecule has 0 aromatic heterocycles. The number of thioether (sulfide) groups is 1. The van der Waals surface area contributed by atoms with Gasteiger partial charge in [0.1, 0.15) is 11.4 Å². The standard InChI is InChI=1S/C34H31N3O4S/c1-41-28-17-13-24(14-18-28)22-30(36-33(39)26-9-3-2-4-10-26)34(40)35-27-15-19-29(20-16-27)42-23-32(38)37-21-7-11-25-8-5-6-12-31(25)37/h2-6,8-10,12-20,22H,7,11,21,23H2,1H3,(H,35,40)(H,36,39)/b30-22-. The van der Waals surface area contributed by atoms with Gasteiger partial charge in [-0.2, -0.15) is 0 Å². The van der Waals surface area contributed by atoms with Crippen molar-refractivity contribution in [1.82, 2.24) is 5.32 Å². The summed E-state index contributed by atoms with van der Waals surface area (Å²) in [6.07, 6.45) is 3.57. The van der Waals surface area contributed by atoms with Crippen LogP contribution in [0.3, 0.4) is 0 Å². The number of amides is 3. The molecule has 0 unspecified atom stereocenters. The summed E-state index contributed by atoms with van der Waals surface area (Å²) in [5.41, 5.74) is 4.04. The third-order valence-electron chi connectivity index (χ3n) is 6.84. The number of carbonyl (C=O) groups excluding carboxylic acids is 3. The van der Waals surface area contributed by atoms with Crippen LogP contribution in [0, 0.1) is 0 Å². The van der Waals surface area contributed by atoms with Gasteiger partial charge in [-0.3, -0.25) is 14.4 Å². The molecule has 0 saturated heterocycles. The number of para-hydroxylation sites is 1. The van der Waals surface area contributed by atoms with Crippen LogP contribution in [0.25, 0.3) is 6.08 Å². The van der Waals surface area contributed by atoms with Crippen molar-refractivity contribution in [2.45, 2.75) is 17.7 Å². The molecule has 7 nitrogen and oxygen atoms in total. The second-order valence-electron chi connectivity index (χ2n) is 9.70. The van der Waals surface area contributed by atoms with E-state index in [1.807, 2.05) is 41.3 Å². The number of ether oxygens (including phenoxy) is 1. The van der Waals surface area contributed by atoms with E-state index in [0.717, 1.165) is 35.5 Å². The highest BCUT2D eigenvalue weighted by atomic mass is 32.2. The summed E-state index contributed by atoms with van der Waals surface area (Å²) < 4.78 is 5.22. The fraction of sp³-hybridized carbons (Fsp3) is 0.147. The molecule has 8 heteroatoms. The highest BCUT2D eigenvalue weighted by molar-refractivity contribution is 8.00. The summed E-state index contributed by atoms with van der Waals surface area (Å²) in [5.74, 6) is 0.229. The van der Waals surface area contributed by atoms with E-state index in [1.165, 1.54) is 17.3 Å². The number of nitrogens with zero attached hydrogens (tertiary/aromatic N) is 1. The monoisotopic (exact) mass is 577 g/mol. The Hall–Kier alpha value is -4.82. The largest absolute Gasteiger partial charge is 0.497 e. The van der Waals surface area contributed by atoms with Gasteiger partial charge in [0.15, 0.2) is 0 Å². The summed E-state index contributed by atoms with van der Waals surface area (Å²) in [7, 11) is 1.58. The van der Waals surface area contributed by atoms with E-state index in [1.54, 1.807) is 73.8 Å². The molecule has 0 fully saturated rings. The van der Waals surface area contributed by atoms with Gasteiger partial charge >= 0.3 is 0 Å². The average molecular weight is 578 g/mol. The third kappa shape index (κ3) is 7.27. The van der Waals surface area contributed by atoms with Crippen LogP contribution in [0.2, 0.25) is 0 Å². The van der Waals surface area contributed by atoms with Crippen molar-refractivity contribution in [3.63, 3.8) is 0 Å². The highest BCUT2D eigenvalue weighted by Crippen LogP contribution is 2.28. The van der Waals surface area contributed by atoms with Crippen LogP contribution in [0.5, 0.6) is 5.75 Å². The van der Waals surface area contributed by atoms with Gasteiger partial charge in [0.05, 0.1) is 12.9 Å². The van der Waals surface area contributed by atoms with E-state index < -0.39 is 11.8 Å². The molecule has 1 aliphatic heterocycles. The van der Waals surface area contributed by atoms with Gasteiger partial charge in [-0.1, -0.05) is 48.5 Å². The Kier molecular flexibility index (Phi) is 9.36. The van der Waals surface area contributed by atoms with Crippen LogP contribution < -0.4 is 20.3 Å². The van der Waals surface area contributed by atoms with Crippen molar-refractivity contribution in [3.05, 3.63) is 126 Å². The number of benzene rings is 4. The Bertz CT molecular complexity index is 1590. The molecule has 4 aromatic rings. The summed E-state index contributed by atoms with van der Waals surface area (Å²) in [5, 5.41) is 5.61. The van der Waals surface area contributed by atoms with Gasteiger partial charge in [-0.25, -0.2) is 0 Å². The smallest absolute Gasteiger partial charge is 0.272 e. The lowest BCUT2D eigenvalue weighted by atomic mass is 10.0. The van der Waals surface area contributed by atoms with Crippen LogP contribution in [0.1, 0.15) is 27.9 Å². The normalized spacial score (nSPS) is 12.7. The molecule has 3 amide bonds. The van der Waals surface area contributed by atoms with Gasteiger partial charge in [0, 0.05) is 28.4 Å². The number of methoxy groups -OCH3 is 1. The van der Waals surface area contributed by atoms with E-state index in [4.69, 9.17) is 4.74 Å². The topological polar surface area (TPSA) is 87.7 Å². The number of rotatable bonds is 9. The van der Waals surface area contributed by atoms with Gasteiger partial charge in [-0.05, 0) is 84.6 Å². The van der Waals surface area contributed by atoms with Gasteiger partial charge in [0.2, 0.25) is 5.91 Å². The van der Waals surface area contributed by atoms with Crippen molar-refractivity contribution >= 4 is 46.9 Å². The summed E-state index contributed by atoms with van der Waals surface area (Å²) in [4.78, 5) is 42.0. The Morgan fingerprint density at radius 1 is 0.881 bits per heavy atom. The SMILES string of the molecule is COc1ccc(/C=C(\NC(=O)c2ccccc2)C(=O)Nc2ccc(SCC(=O)N3CCCc4ccccc43)cc2)cc1. The lowest BCUT2D eigenvalue weighted by molar-refractivity contribution is -0.116. The van der Waals surface area contributed by atoms with Crippen LogP contribution in [-0.2, 0) is 16.0 Å².